The summed E-state index contributed by atoms with van der Waals surface area (Å²) in [5, 5.41) is 18.8. The number of nitrogens with zero attached hydrogens (tertiary/aromatic N) is 2. The SMILES string of the molecule is CCCc1nc2ccc(C(=O)O)cc2n1C1(CO)CC1. The van der Waals surface area contributed by atoms with Crippen LogP contribution in [-0.4, -0.2) is 32.3 Å². The smallest absolute Gasteiger partial charge is 0.335 e. The molecule has 1 fully saturated rings. The molecular weight excluding hydrogens is 256 g/mol. The first-order valence-electron chi connectivity index (χ1n) is 6.97. The highest BCUT2D eigenvalue weighted by atomic mass is 16.4. The van der Waals surface area contributed by atoms with Crippen LogP contribution in [0.2, 0.25) is 0 Å². The number of aromatic carboxylic acids is 1. The van der Waals surface area contributed by atoms with Crippen molar-refractivity contribution < 1.29 is 15.0 Å². The minimum absolute atomic E-state index is 0.0759. The van der Waals surface area contributed by atoms with Gasteiger partial charge in [-0.15, -0.1) is 0 Å². The number of carbonyl (C=O) groups is 1. The van der Waals surface area contributed by atoms with Crippen LogP contribution in [0.15, 0.2) is 18.2 Å². The van der Waals surface area contributed by atoms with Crippen molar-refractivity contribution in [2.24, 2.45) is 0 Å². The van der Waals surface area contributed by atoms with Crippen LogP contribution in [0, 0.1) is 0 Å². The monoisotopic (exact) mass is 274 g/mol. The summed E-state index contributed by atoms with van der Waals surface area (Å²) in [4.78, 5) is 15.8. The minimum Gasteiger partial charge on any atom is -0.478 e. The Kier molecular flexibility index (Phi) is 3.01. The predicted molar refractivity (Wildman–Crippen MR) is 75.0 cm³/mol. The van der Waals surface area contributed by atoms with E-state index in [0.717, 1.165) is 42.5 Å². The number of aliphatic hydroxyl groups excluding tert-OH is 1. The molecule has 1 aliphatic carbocycles. The van der Waals surface area contributed by atoms with E-state index in [1.807, 2.05) is 0 Å². The molecule has 2 aromatic rings. The first kappa shape index (κ1) is 13.1. The summed E-state index contributed by atoms with van der Waals surface area (Å²) in [7, 11) is 0. The minimum atomic E-state index is -0.939. The van der Waals surface area contributed by atoms with Crippen LogP contribution in [0.25, 0.3) is 11.0 Å². The Balaban J connectivity index is 2.23. The number of carboxylic acids is 1. The molecule has 0 amide bonds. The van der Waals surface area contributed by atoms with Crippen molar-refractivity contribution in [2.75, 3.05) is 6.61 Å². The van der Waals surface area contributed by atoms with E-state index in [2.05, 4.69) is 16.5 Å². The lowest BCUT2D eigenvalue weighted by atomic mass is 10.2. The van der Waals surface area contributed by atoms with E-state index in [1.54, 1.807) is 18.2 Å². The fraction of sp³-hybridized carbons (Fsp3) is 0.467. The molecule has 1 aliphatic rings. The first-order valence-corrected chi connectivity index (χ1v) is 6.97. The number of imidazole rings is 1. The van der Waals surface area contributed by atoms with Gasteiger partial charge in [-0.25, -0.2) is 9.78 Å². The Morgan fingerprint density at radius 2 is 2.20 bits per heavy atom. The van der Waals surface area contributed by atoms with Crippen LogP contribution >= 0.6 is 0 Å². The molecule has 1 heterocycles. The van der Waals surface area contributed by atoms with Crippen LogP contribution in [-0.2, 0) is 12.0 Å². The average Bonchev–Trinajstić information content (AvgIpc) is 3.14. The van der Waals surface area contributed by atoms with E-state index in [-0.39, 0.29) is 17.7 Å². The summed E-state index contributed by atoms with van der Waals surface area (Å²) in [6.07, 6.45) is 3.64. The standard InChI is InChI=1S/C15H18N2O3/c1-2-3-13-16-11-5-4-10(14(19)20)8-12(11)17(13)15(9-18)6-7-15/h4-5,8,18H,2-3,6-7,9H2,1H3,(H,19,20). The highest BCUT2D eigenvalue weighted by molar-refractivity contribution is 5.92. The van der Waals surface area contributed by atoms with Crippen LogP contribution in [0.5, 0.6) is 0 Å². The summed E-state index contributed by atoms with van der Waals surface area (Å²) < 4.78 is 2.07. The van der Waals surface area contributed by atoms with Gasteiger partial charge in [-0.3, -0.25) is 0 Å². The van der Waals surface area contributed by atoms with Crippen LogP contribution in [0.3, 0.4) is 0 Å². The van der Waals surface area contributed by atoms with Gasteiger partial charge in [0, 0.05) is 6.42 Å². The van der Waals surface area contributed by atoms with Gasteiger partial charge in [-0.1, -0.05) is 6.92 Å². The van der Waals surface area contributed by atoms with Crippen molar-refractivity contribution in [3.8, 4) is 0 Å². The van der Waals surface area contributed by atoms with Gasteiger partial charge in [-0.05, 0) is 37.5 Å². The molecule has 0 aliphatic heterocycles. The number of rotatable bonds is 5. The molecule has 0 radical (unpaired) electrons. The molecule has 0 unspecified atom stereocenters. The molecule has 3 rings (SSSR count). The molecule has 0 spiro atoms. The van der Waals surface area contributed by atoms with Crippen molar-refractivity contribution in [2.45, 2.75) is 38.1 Å². The lowest BCUT2D eigenvalue weighted by Gasteiger charge is -2.18. The van der Waals surface area contributed by atoms with Gasteiger partial charge in [0.25, 0.3) is 0 Å². The Hall–Kier alpha value is -1.88. The van der Waals surface area contributed by atoms with Crippen LogP contribution in [0.4, 0.5) is 0 Å². The maximum absolute atomic E-state index is 11.1. The second-order valence-electron chi connectivity index (χ2n) is 5.50. The largest absolute Gasteiger partial charge is 0.478 e. The van der Waals surface area contributed by atoms with Crippen molar-refractivity contribution in [1.29, 1.82) is 0 Å². The highest BCUT2D eigenvalue weighted by Crippen LogP contribution is 2.46. The third kappa shape index (κ3) is 1.89. The first-order chi connectivity index (χ1) is 9.61. The fourth-order valence-electron chi connectivity index (χ4n) is 2.78. The molecule has 5 nitrogen and oxygen atoms in total. The van der Waals surface area contributed by atoms with Crippen molar-refractivity contribution in [1.82, 2.24) is 9.55 Å². The topological polar surface area (TPSA) is 75.3 Å². The van der Waals surface area contributed by atoms with E-state index in [1.165, 1.54) is 0 Å². The Morgan fingerprint density at radius 1 is 1.45 bits per heavy atom. The number of hydrogen-bond acceptors (Lipinski definition) is 3. The molecule has 20 heavy (non-hydrogen) atoms. The zero-order valence-electron chi connectivity index (χ0n) is 11.5. The molecule has 0 atom stereocenters. The Bertz CT molecular complexity index is 671. The number of aromatic nitrogens is 2. The highest BCUT2D eigenvalue weighted by Gasteiger charge is 2.46. The second-order valence-corrected chi connectivity index (χ2v) is 5.50. The van der Waals surface area contributed by atoms with E-state index in [4.69, 9.17) is 5.11 Å². The number of aryl methyl sites for hydroxylation is 1. The molecule has 1 aromatic carbocycles. The molecular formula is C15H18N2O3. The van der Waals surface area contributed by atoms with Gasteiger partial charge < -0.3 is 14.8 Å². The molecule has 0 bridgehead atoms. The average molecular weight is 274 g/mol. The molecule has 1 aromatic heterocycles. The van der Waals surface area contributed by atoms with Crippen LogP contribution in [0.1, 0.15) is 42.4 Å². The van der Waals surface area contributed by atoms with E-state index >= 15 is 0 Å². The van der Waals surface area contributed by atoms with E-state index in [0.29, 0.717) is 0 Å². The molecule has 5 heteroatoms. The summed E-state index contributed by atoms with van der Waals surface area (Å²) in [6, 6.07) is 5.00. The van der Waals surface area contributed by atoms with Crippen molar-refractivity contribution >= 4 is 17.0 Å². The number of carboxylic acid groups (broad SMARTS) is 1. The third-order valence-corrected chi connectivity index (χ3v) is 4.04. The van der Waals surface area contributed by atoms with Gasteiger partial charge in [0.1, 0.15) is 5.82 Å². The van der Waals surface area contributed by atoms with Crippen molar-refractivity contribution in [3.05, 3.63) is 29.6 Å². The number of aliphatic hydroxyl groups is 1. The quantitative estimate of drug-likeness (QED) is 0.876. The van der Waals surface area contributed by atoms with Gasteiger partial charge in [0.05, 0.1) is 28.7 Å². The summed E-state index contributed by atoms with van der Waals surface area (Å²) in [5.74, 6) is 0.00197. The maximum Gasteiger partial charge on any atom is 0.335 e. The Morgan fingerprint density at radius 3 is 2.75 bits per heavy atom. The van der Waals surface area contributed by atoms with Gasteiger partial charge in [0.15, 0.2) is 0 Å². The van der Waals surface area contributed by atoms with E-state index in [9.17, 15) is 9.90 Å². The number of benzene rings is 1. The van der Waals surface area contributed by atoms with Gasteiger partial charge in [0.2, 0.25) is 0 Å². The summed E-state index contributed by atoms with van der Waals surface area (Å²) >= 11 is 0. The maximum atomic E-state index is 11.1. The van der Waals surface area contributed by atoms with Crippen LogP contribution < -0.4 is 0 Å². The molecule has 0 saturated heterocycles. The Labute approximate surface area is 116 Å². The molecule has 2 N–H and O–H groups in total. The van der Waals surface area contributed by atoms with Gasteiger partial charge in [-0.2, -0.15) is 0 Å². The zero-order valence-corrected chi connectivity index (χ0v) is 11.5. The summed E-state index contributed by atoms with van der Waals surface area (Å²) in [6.45, 7) is 2.16. The van der Waals surface area contributed by atoms with E-state index < -0.39 is 5.97 Å². The lowest BCUT2D eigenvalue weighted by molar-refractivity contribution is 0.0697. The second kappa shape index (κ2) is 4.59. The third-order valence-electron chi connectivity index (χ3n) is 4.04. The van der Waals surface area contributed by atoms with Gasteiger partial charge >= 0.3 is 5.97 Å². The predicted octanol–water partition coefficient (Wildman–Crippen LogP) is 2.17. The van der Waals surface area contributed by atoms with Crippen molar-refractivity contribution in [3.63, 3.8) is 0 Å². The lowest BCUT2D eigenvalue weighted by Crippen LogP contribution is -2.23. The zero-order chi connectivity index (χ0) is 14.3. The normalized spacial score (nSPS) is 16.5. The number of fused-ring (bicyclic) bond motifs is 1. The molecule has 106 valence electrons. The fourth-order valence-corrected chi connectivity index (χ4v) is 2.78. The number of hydrogen-bond donors (Lipinski definition) is 2. The molecule has 1 saturated carbocycles. The summed E-state index contributed by atoms with van der Waals surface area (Å²) in [5.41, 5.74) is 1.62.